The van der Waals surface area contributed by atoms with Crippen molar-refractivity contribution >= 4 is 28.4 Å². The van der Waals surface area contributed by atoms with Gasteiger partial charge in [0.05, 0.1) is 24.6 Å². The summed E-state index contributed by atoms with van der Waals surface area (Å²) in [6.07, 6.45) is 0. The predicted molar refractivity (Wildman–Crippen MR) is 112 cm³/mol. The second kappa shape index (κ2) is 7.67. The van der Waals surface area contributed by atoms with Crippen LogP contribution in [0.4, 0.5) is 0 Å². The molecule has 28 heavy (non-hydrogen) atoms. The highest BCUT2D eigenvalue weighted by Gasteiger charge is 2.18. The fourth-order valence-corrected chi connectivity index (χ4v) is 4.10. The summed E-state index contributed by atoms with van der Waals surface area (Å²) in [6.45, 7) is 4.71. The van der Waals surface area contributed by atoms with Gasteiger partial charge in [-0.3, -0.25) is 13.8 Å². The molecule has 6 nitrogen and oxygen atoms in total. The van der Waals surface area contributed by atoms with Crippen molar-refractivity contribution in [3.63, 3.8) is 0 Å². The molecule has 2 aromatic heterocycles. The van der Waals surface area contributed by atoms with Crippen LogP contribution in [0, 0.1) is 5.92 Å². The number of ether oxygens (including phenoxy) is 1. The Morgan fingerprint density at radius 3 is 2.61 bits per heavy atom. The highest BCUT2D eigenvalue weighted by atomic mass is 32.2. The van der Waals surface area contributed by atoms with Gasteiger partial charge in [-0.2, -0.15) is 0 Å². The molecular formula is C21H22N4O2S. The predicted octanol–water partition coefficient (Wildman–Crippen LogP) is 3.85. The van der Waals surface area contributed by atoms with E-state index in [9.17, 15) is 4.79 Å². The van der Waals surface area contributed by atoms with Crippen molar-refractivity contribution in [2.24, 2.45) is 5.92 Å². The smallest absolute Gasteiger partial charge is 0.263 e. The van der Waals surface area contributed by atoms with E-state index in [1.54, 1.807) is 23.4 Å². The fraction of sp³-hybridized carbons (Fsp3) is 0.286. The van der Waals surface area contributed by atoms with Gasteiger partial charge in [0, 0.05) is 11.3 Å². The second-order valence-electron chi connectivity index (χ2n) is 7.04. The molecule has 0 saturated heterocycles. The zero-order chi connectivity index (χ0) is 19.7. The average Bonchev–Trinajstić information content (AvgIpc) is 3.14. The Kier molecular flexibility index (Phi) is 5.09. The lowest BCUT2D eigenvalue weighted by atomic mass is 10.2. The maximum atomic E-state index is 13.3. The van der Waals surface area contributed by atoms with Crippen LogP contribution in [0.5, 0.6) is 5.75 Å². The van der Waals surface area contributed by atoms with E-state index in [4.69, 9.17) is 4.74 Å². The third-order valence-electron chi connectivity index (χ3n) is 4.54. The summed E-state index contributed by atoms with van der Waals surface area (Å²) in [6, 6.07) is 15.3. The van der Waals surface area contributed by atoms with Gasteiger partial charge in [0.15, 0.2) is 5.16 Å². The number of nitrogens with zero attached hydrogens (tertiary/aromatic N) is 4. The number of benzene rings is 2. The van der Waals surface area contributed by atoms with Crippen molar-refractivity contribution in [2.75, 3.05) is 12.9 Å². The molecule has 0 atom stereocenters. The number of aromatic nitrogens is 4. The van der Waals surface area contributed by atoms with Gasteiger partial charge in [0.1, 0.15) is 5.75 Å². The first-order valence-corrected chi connectivity index (χ1v) is 10.2. The lowest BCUT2D eigenvalue weighted by Gasteiger charge is -2.13. The number of hydrogen-bond donors (Lipinski definition) is 0. The molecule has 144 valence electrons. The summed E-state index contributed by atoms with van der Waals surface area (Å²) in [4.78, 5) is 13.3. The minimum Gasteiger partial charge on any atom is -0.496 e. The van der Waals surface area contributed by atoms with E-state index in [1.165, 1.54) is 0 Å². The quantitative estimate of drug-likeness (QED) is 0.465. The van der Waals surface area contributed by atoms with E-state index in [0.717, 1.165) is 27.7 Å². The van der Waals surface area contributed by atoms with Crippen LogP contribution in [0.25, 0.3) is 16.7 Å². The topological polar surface area (TPSA) is 61.4 Å². The van der Waals surface area contributed by atoms with Gasteiger partial charge in [0.2, 0.25) is 5.78 Å². The molecule has 0 aliphatic rings. The third kappa shape index (κ3) is 3.26. The SMILES string of the molecule is COc1ccccc1Cn1c(=O)c2ccccc2n2c(SCC(C)C)nnc12. The lowest BCUT2D eigenvalue weighted by Crippen LogP contribution is -2.24. The number of para-hydroxylation sites is 2. The van der Waals surface area contributed by atoms with Gasteiger partial charge >= 0.3 is 0 Å². The maximum absolute atomic E-state index is 13.3. The highest BCUT2D eigenvalue weighted by molar-refractivity contribution is 7.99. The fourth-order valence-electron chi connectivity index (χ4n) is 3.21. The Morgan fingerprint density at radius 1 is 1.07 bits per heavy atom. The summed E-state index contributed by atoms with van der Waals surface area (Å²) in [5.41, 5.74) is 1.67. The highest BCUT2D eigenvalue weighted by Crippen LogP contribution is 2.24. The van der Waals surface area contributed by atoms with Crippen molar-refractivity contribution in [1.82, 2.24) is 19.2 Å². The van der Waals surface area contributed by atoms with Gasteiger partial charge in [-0.1, -0.05) is 55.9 Å². The van der Waals surface area contributed by atoms with E-state index in [-0.39, 0.29) is 5.56 Å². The molecule has 7 heteroatoms. The molecule has 0 saturated carbocycles. The Hall–Kier alpha value is -2.80. The van der Waals surface area contributed by atoms with E-state index < -0.39 is 0 Å². The first kappa shape index (κ1) is 18.6. The Balaban J connectivity index is 1.95. The molecule has 0 fully saturated rings. The molecule has 0 bridgehead atoms. The molecule has 4 aromatic rings. The van der Waals surface area contributed by atoms with Crippen molar-refractivity contribution in [1.29, 1.82) is 0 Å². The molecule has 4 rings (SSSR count). The summed E-state index contributed by atoms with van der Waals surface area (Å²) < 4.78 is 9.12. The molecule has 0 aliphatic carbocycles. The van der Waals surface area contributed by atoms with Crippen LogP contribution in [0.1, 0.15) is 19.4 Å². The van der Waals surface area contributed by atoms with Crippen LogP contribution >= 0.6 is 11.8 Å². The van der Waals surface area contributed by atoms with Crippen molar-refractivity contribution < 1.29 is 4.74 Å². The van der Waals surface area contributed by atoms with Crippen molar-refractivity contribution in [2.45, 2.75) is 25.5 Å². The maximum Gasteiger partial charge on any atom is 0.263 e. The van der Waals surface area contributed by atoms with Gasteiger partial charge in [0.25, 0.3) is 5.56 Å². The van der Waals surface area contributed by atoms with Crippen LogP contribution in [0.15, 0.2) is 58.5 Å². The van der Waals surface area contributed by atoms with E-state index in [1.807, 2.05) is 52.9 Å². The van der Waals surface area contributed by atoms with Crippen molar-refractivity contribution in [3.8, 4) is 5.75 Å². The molecule has 2 aromatic carbocycles. The summed E-state index contributed by atoms with van der Waals surface area (Å²) in [7, 11) is 1.63. The minimum absolute atomic E-state index is 0.0817. The van der Waals surface area contributed by atoms with Gasteiger partial charge in [-0.05, 0) is 24.1 Å². The first-order chi connectivity index (χ1) is 13.6. The standard InChI is InChI=1S/C21H22N4O2S/c1-14(2)13-28-21-23-22-20-24(12-15-8-4-7-11-18(15)27-3)19(26)16-9-5-6-10-17(16)25(20)21/h4-11,14H,12-13H2,1-3H3. The molecule has 0 unspecified atom stereocenters. The van der Waals surface area contributed by atoms with Crippen LogP contribution in [0.3, 0.4) is 0 Å². The largest absolute Gasteiger partial charge is 0.496 e. The lowest BCUT2D eigenvalue weighted by molar-refractivity contribution is 0.408. The monoisotopic (exact) mass is 394 g/mol. The second-order valence-corrected chi connectivity index (χ2v) is 8.03. The number of fused-ring (bicyclic) bond motifs is 3. The normalized spacial score (nSPS) is 11.6. The zero-order valence-corrected chi connectivity index (χ0v) is 16.9. The van der Waals surface area contributed by atoms with Gasteiger partial charge in [-0.15, -0.1) is 10.2 Å². The molecule has 0 spiro atoms. The van der Waals surface area contributed by atoms with E-state index in [0.29, 0.717) is 23.6 Å². The van der Waals surface area contributed by atoms with Crippen LogP contribution in [0.2, 0.25) is 0 Å². The van der Waals surface area contributed by atoms with Gasteiger partial charge in [-0.25, -0.2) is 0 Å². The molecule has 0 amide bonds. The Morgan fingerprint density at radius 2 is 1.82 bits per heavy atom. The summed E-state index contributed by atoms with van der Waals surface area (Å²) in [5.74, 6) is 2.75. The number of thioether (sulfide) groups is 1. The van der Waals surface area contributed by atoms with Crippen molar-refractivity contribution in [3.05, 3.63) is 64.4 Å². The zero-order valence-electron chi connectivity index (χ0n) is 16.1. The first-order valence-electron chi connectivity index (χ1n) is 9.21. The molecule has 0 N–H and O–H groups in total. The van der Waals surface area contributed by atoms with Crippen LogP contribution < -0.4 is 10.3 Å². The average molecular weight is 395 g/mol. The van der Waals surface area contributed by atoms with E-state index >= 15 is 0 Å². The number of rotatable bonds is 6. The Labute approximate surface area is 167 Å². The molecule has 0 aliphatic heterocycles. The summed E-state index contributed by atoms with van der Waals surface area (Å²) in [5, 5.41) is 10.2. The van der Waals surface area contributed by atoms with Crippen LogP contribution in [-0.2, 0) is 6.54 Å². The molecule has 2 heterocycles. The van der Waals surface area contributed by atoms with Crippen LogP contribution in [-0.4, -0.2) is 32.0 Å². The molecular weight excluding hydrogens is 372 g/mol. The van der Waals surface area contributed by atoms with E-state index in [2.05, 4.69) is 24.0 Å². The third-order valence-corrected chi connectivity index (χ3v) is 5.90. The number of methoxy groups -OCH3 is 1. The number of hydrogen-bond acceptors (Lipinski definition) is 5. The minimum atomic E-state index is -0.0817. The molecule has 0 radical (unpaired) electrons. The summed E-state index contributed by atoms with van der Waals surface area (Å²) >= 11 is 1.66. The van der Waals surface area contributed by atoms with Gasteiger partial charge < -0.3 is 4.74 Å². The Bertz CT molecular complexity index is 1200.